The van der Waals surface area contributed by atoms with Crippen molar-refractivity contribution in [1.29, 1.82) is 0 Å². The van der Waals surface area contributed by atoms with Gasteiger partial charge in [-0.05, 0) is 43.3 Å². The van der Waals surface area contributed by atoms with Gasteiger partial charge in [-0.25, -0.2) is 14.1 Å². The normalized spacial score (nSPS) is 11.0. The molecular weight excluding hydrogens is 385 g/mol. The second-order valence-corrected chi connectivity index (χ2v) is 6.98. The van der Waals surface area contributed by atoms with Crippen LogP contribution in [0.25, 0.3) is 16.9 Å². The van der Waals surface area contributed by atoms with Crippen LogP contribution in [0.4, 0.5) is 10.1 Å². The van der Waals surface area contributed by atoms with Crippen LogP contribution in [-0.4, -0.2) is 25.2 Å². The van der Waals surface area contributed by atoms with Crippen molar-refractivity contribution in [3.8, 4) is 5.69 Å². The molecule has 0 atom stereocenters. The Kier molecular flexibility index (Phi) is 5.14. The van der Waals surface area contributed by atoms with Crippen LogP contribution in [0.1, 0.15) is 17.8 Å². The highest BCUT2D eigenvalue weighted by Gasteiger charge is 2.18. The van der Waals surface area contributed by atoms with Crippen LogP contribution in [-0.2, 0) is 18.3 Å². The van der Waals surface area contributed by atoms with Gasteiger partial charge in [-0.2, -0.15) is 5.10 Å². The zero-order chi connectivity index (χ0) is 21.3. The number of fused-ring (bicyclic) bond motifs is 1. The smallest absolute Gasteiger partial charge is 0.273 e. The fraction of sp³-hybridized carbons (Fsp3) is 0.182. The van der Waals surface area contributed by atoms with Crippen molar-refractivity contribution in [2.24, 2.45) is 7.05 Å². The average molecular weight is 405 g/mol. The van der Waals surface area contributed by atoms with Crippen molar-refractivity contribution in [2.45, 2.75) is 19.8 Å². The minimum absolute atomic E-state index is 0.0804. The highest BCUT2D eigenvalue weighted by molar-refractivity contribution is 5.90. The van der Waals surface area contributed by atoms with Gasteiger partial charge in [-0.15, -0.1) is 0 Å². The SMILES string of the molecule is Cc1nn(-c2ccccc2)c2c1nc(CCC(=O)Nc1ccc(F)cc1)c(=O)n2C. The molecule has 2 heterocycles. The Hall–Kier alpha value is -3.81. The maximum absolute atomic E-state index is 13.0. The third-order valence-electron chi connectivity index (χ3n) is 4.84. The Bertz CT molecular complexity index is 1280. The number of aromatic nitrogens is 4. The van der Waals surface area contributed by atoms with Gasteiger partial charge in [0.15, 0.2) is 5.65 Å². The van der Waals surface area contributed by atoms with Crippen molar-refractivity contribution >= 4 is 22.8 Å². The monoisotopic (exact) mass is 405 g/mol. The lowest BCUT2D eigenvalue weighted by Gasteiger charge is -2.09. The van der Waals surface area contributed by atoms with Crippen LogP contribution in [0.2, 0.25) is 0 Å². The molecule has 4 aromatic rings. The summed E-state index contributed by atoms with van der Waals surface area (Å²) < 4.78 is 16.2. The predicted octanol–water partition coefficient (Wildman–Crippen LogP) is 3.14. The van der Waals surface area contributed by atoms with Crippen molar-refractivity contribution < 1.29 is 9.18 Å². The maximum Gasteiger partial charge on any atom is 0.273 e. The van der Waals surface area contributed by atoms with E-state index in [9.17, 15) is 14.0 Å². The molecule has 0 aliphatic heterocycles. The van der Waals surface area contributed by atoms with Gasteiger partial charge in [0.1, 0.15) is 17.0 Å². The molecule has 30 heavy (non-hydrogen) atoms. The summed E-state index contributed by atoms with van der Waals surface area (Å²) in [6.07, 6.45) is 0.266. The third-order valence-corrected chi connectivity index (χ3v) is 4.84. The van der Waals surface area contributed by atoms with Crippen LogP contribution < -0.4 is 10.9 Å². The summed E-state index contributed by atoms with van der Waals surface area (Å²) in [4.78, 5) is 29.6. The van der Waals surface area contributed by atoms with E-state index in [-0.39, 0.29) is 30.1 Å². The van der Waals surface area contributed by atoms with Gasteiger partial charge < -0.3 is 5.32 Å². The van der Waals surface area contributed by atoms with E-state index in [1.165, 1.54) is 28.8 Å². The summed E-state index contributed by atoms with van der Waals surface area (Å²) in [5, 5.41) is 7.23. The predicted molar refractivity (Wildman–Crippen MR) is 112 cm³/mol. The molecular formula is C22H20FN5O2. The highest BCUT2D eigenvalue weighted by atomic mass is 19.1. The number of hydrogen-bond donors (Lipinski definition) is 1. The molecule has 0 aliphatic carbocycles. The summed E-state index contributed by atoms with van der Waals surface area (Å²) in [6, 6.07) is 15.0. The molecule has 7 nitrogen and oxygen atoms in total. The first-order valence-electron chi connectivity index (χ1n) is 9.50. The molecule has 4 rings (SSSR count). The number of nitrogens with one attached hydrogen (secondary N) is 1. The van der Waals surface area contributed by atoms with Crippen molar-refractivity contribution in [2.75, 3.05) is 5.32 Å². The molecule has 1 amide bonds. The highest BCUT2D eigenvalue weighted by Crippen LogP contribution is 2.19. The average Bonchev–Trinajstić information content (AvgIpc) is 3.08. The maximum atomic E-state index is 13.0. The molecule has 1 N–H and O–H groups in total. The molecule has 2 aromatic heterocycles. The van der Waals surface area contributed by atoms with E-state index < -0.39 is 0 Å². The molecule has 2 aromatic carbocycles. The van der Waals surface area contributed by atoms with Crippen LogP contribution in [0, 0.1) is 12.7 Å². The fourth-order valence-electron chi connectivity index (χ4n) is 3.31. The van der Waals surface area contributed by atoms with E-state index in [4.69, 9.17) is 0 Å². The second-order valence-electron chi connectivity index (χ2n) is 6.98. The number of aryl methyl sites for hydroxylation is 3. The number of benzene rings is 2. The zero-order valence-electron chi connectivity index (χ0n) is 16.6. The molecule has 0 unspecified atom stereocenters. The lowest BCUT2D eigenvalue weighted by Crippen LogP contribution is -2.25. The van der Waals surface area contributed by atoms with E-state index in [0.29, 0.717) is 28.2 Å². The van der Waals surface area contributed by atoms with Crippen molar-refractivity contribution in [3.63, 3.8) is 0 Å². The van der Waals surface area contributed by atoms with Gasteiger partial charge in [0, 0.05) is 25.6 Å². The number of rotatable bonds is 5. The standard InChI is InChI=1S/C22H20FN5O2/c1-14-20-21(28(26-14)17-6-4-3-5-7-17)27(2)22(30)18(25-20)12-13-19(29)24-16-10-8-15(23)9-11-16/h3-11H,12-13H2,1-2H3,(H,24,29). The number of halogens is 1. The molecule has 0 spiro atoms. The summed E-state index contributed by atoms with van der Waals surface area (Å²) in [5.41, 5.74) is 3.28. The van der Waals surface area contributed by atoms with E-state index >= 15 is 0 Å². The van der Waals surface area contributed by atoms with Crippen LogP contribution in [0.15, 0.2) is 59.4 Å². The van der Waals surface area contributed by atoms with Gasteiger partial charge in [0.2, 0.25) is 5.91 Å². The fourth-order valence-corrected chi connectivity index (χ4v) is 3.31. The van der Waals surface area contributed by atoms with E-state index in [2.05, 4.69) is 15.4 Å². The third kappa shape index (κ3) is 3.71. The van der Waals surface area contributed by atoms with Crippen LogP contribution in [0.5, 0.6) is 0 Å². The summed E-state index contributed by atoms with van der Waals surface area (Å²) >= 11 is 0. The van der Waals surface area contributed by atoms with E-state index in [1.807, 2.05) is 37.3 Å². The lowest BCUT2D eigenvalue weighted by atomic mass is 10.2. The lowest BCUT2D eigenvalue weighted by molar-refractivity contribution is -0.116. The Morgan fingerprint density at radius 2 is 1.80 bits per heavy atom. The van der Waals surface area contributed by atoms with Gasteiger partial charge in [-0.3, -0.25) is 14.2 Å². The first kappa shape index (κ1) is 19.5. The Morgan fingerprint density at radius 3 is 2.50 bits per heavy atom. The molecule has 0 fully saturated rings. The van der Waals surface area contributed by atoms with Crippen LogP contribution >= 0.6 is 0 Å². The minimum atomic E-state index is -0.375. The van der Waals surface area contributed by atoms with Crippen molar-refractivity contribution in [3.05, 3.63) is 82.2 Å². The first-order valence-corrected chi connectivity index (χ1v) is 9.50. The topological polar surface area (TPSA) is 81.8 Å². The molecule has 0 saturated heterocycles. The van der Waals surface area contributed by atoms with Crippen LogP contribution in [0.3, 0.4) is 0 Å². The number of anilines is 1. The Balaban J connectivity index is 1.60. The molecule has 0 aliphatic rings. The quantitative estimate of drug-likeness (QED) is 0.553. The Labute approximate surface area is 171 Å². The molecule has 0 bridgehead atoms. The number of carbonyl (C=O) groups is 1. The van der Waals surface area contributed by atoms with Gasteiger partial charge in [-0.1, -0.05) is 18.2 Å². The summed E-state index contributed by atoms with van der Waals surface area (Å²) in [7, 11) is 1.68. The van der Waals surface area contributed by atoms with E-state index in [1.54, 1.807) is 11.7 Å². The number of para-hydroxylation sites is 1. The first-order chi connectivity index (χ1) is 14.4. The zero-order valence-corrected chi connectivity index (χ0v) is 16.6. The number of hydrogen-bond acceptors (Lipinski definition) is 4. The van der Waals surface area contributed by atoms with Gasteiger partial charge in [0.25, 0.3) is 5.56 Å². The van der Waals surface area contributed by atoms with Crippen molar-refractivity contribution in [1.82, 2.24) is 19.3 Å². The van der Waals surface area contributed by atoms with E-state index in [0.717, 1.165) is 5.69 Å². The largest absolute Gasteiger partial charge is 0.326 e. The summed E-state index contributed by atoms with van der Waals surface area (Å²) in [5.74, 6) is -0.650. The molecule has 0 radical (unpaired) electrons. The van der Waals surface area contributed by atoms with Gasteiger partial charge in [0.05, 0.1) is 11.4 Å². The summed E-state index contributed by atoms with van der Waals surface area (Å²) in [6.45, 7) is 1.84. The molecule has 0 saturated carbocycles. The number of amides is 1. The number of carbonyl (C=O) groups excluding carboxylic acids is 1. The Morgan fingerprint density at radius 1 is 1.10 bits per heavy atom. The molecule has 8 heteroatoms. The van der Waals surface area contributed by atoms with Gasteiger partial charge >= 0.3 is 0 Å². The second kappa shape index (κ2) is 7.90. The molecule has 152 valence electrons. The minimum Gasteiger partial charge on any atom is -0.326 e. The number of nitrogens with zero attached hydrogens (tertiary/aromatic N) is 4.